The fourth-order valence-electron chi connectivity index (χ4n) is 5.21. The smallest absolute Gasteiger partial charge is 0.257 e. The molecule has 0 saturated heterocycles. The second-order valence-corrected chi connectivity index (χ2v) is 10.1. The summed E-state index contributed by atoms with van der Waals surface area (Å²) < 4.78 is 6.29. The van der Waals surface area contributed by atoms with Gasteiger partial charge in [-0.1, -0.05) is 93.2 Å². The molecule has 1 aromatic heterocycles. The van der Waals surface area contributed by atoms with Gasteiger partial charge >= 0.3 is 0 Å². The Labute approximate surface area is 175 Å². The molecule has 29 heavy (non-hydrogen) atoms. The number of thioether (sulfide) groups is 1. The van der Waals surface area contributed by atoms with E-state index in [1.54, 1.807) is 0 Å². The normalized spacial score (nSPS) is 27.5. The first-order chi connectivity index (χ1) is 13.9. The minimum Gasteiger partial charge on any atom is -0.431 e. The average molecular weight is 404 g/mol. The first-order valence-corrected chi connectivity index (χ1v) is 11.1. The molecule has 4 heteroatoms. The zero-order valence-corrected chi connectivity index (χ0v) is 17.8. The van der Waals surface area contributed by atoms with Crippen LogP contribution in [0.3, 0.4) is 0 Å². The maximum absolute atomic E-state index is 13.1. The van der Waals surface area contributed by atoms with Crippen LogP contribution in [0.2, 0.25) is 0 Å². The minimum atomic E-state index is -0.0952. The van der Waals surface area contributed by atoms with Crippen molar-refractivity contribution in [3.8, 4) is 22.6 Å². The molecular formula is C25H25NO2S. The van der Waals surface area contributed by atoms with Gasteiger partial charge in [0.05, 0.1) is 5.25 Å². The molecule has 2 bridgehead atoms. The van der Waals surface area contributed by atoms with Gasteiger partial charge in [-0.25, -0.2) is 4.98 Å². The van der Waals surface area contributed by atoms with Gasteiger partial charge in [0.15, 0.2) is 11.5 Å². The number of fused-ring (bicyclic) bond motifs is 2. The van der Waals surface area contributed by atoms with Gasteiger partial charge in [0.25, 0.3) is 5.22 Å². The third-order valence-corrected chi connectivity index (χ3v) is 8.75. The number of carbonyl (C=O) groups excluding carboxylic acids is 1. The lowest BCUT2D eigenvalue weighted by Gasteiger charge is -2.37. The summed E-state index contributed by atoms with van der Waals surface area (Å²) in [6.45, 7) is 6.78. The fourth-order valence-corrected chi connectivity index (χ4v) is 6.64. The number of oxazole rings is 1. The van der Waals surface area contributed by atoms with Crippen molar-refractivity contribution in [1.82, 2.24) is 4.98 Å². The summed E-state index contributed by atoms with van der Waals surface area (Å²) in [5.74, 6) is 1.29. The van der Waals surface area contributed by atoms with Crippen molar-refractivity contribution in [2.45, 2.75) is 44.1 Å². The van der Waals surface area contributed by atoms with Gasteiger partial charge < -0.3 is 4.42 Å². The lowest BCUT2D eigenvalue weighted by molar-refractivity contribution is -0.122. The summed E-state index contributed by atoms with van der Waals surface area (Å²) in [7, 11) is 0. The number of hydrogen-bond donors (Lipinski definition) is 0. The Bertz CT molecular complexity index is 1000. The first kappa shape index (κ1) is 18.7. The molecule has 1 heterocycles. The Balaban J connectivity index is 1.56. The highest BCUT2D eigenvalue weighted by molar-refractivity contribution is 8.00. The number of hydrogen-bond acceptors (Lipinski definition) is 4. The van der Waals surface area contributed by atoms with Crippen molar-refractivity contribution >= 4 is 17.5 Å². The molecule has 0 amide bonds. The maximum atomic E-state index is 13.1. The molecule has 148 valence electrons. The standard InChI is InChI=1S/C25H25NO2S/c1-24(2)18-14-15-25(24,3)22(20(18)27)29-23-26-19(16-10-6-4-7-11-16)21(28-23)17-12-8-5-9-13-17/h4-13,18,22H,14-15H2,1-3H3/t18-,22-,25-/m1/s1. The molecule has 3 atom stereocenters. The molecule has 0 spiro atoms. The van der Waals surface area contributed by atoms with E-state index in [-0.39, 0.29) is 22.0 Å². The number of benzene rings is 2. The zero-order valence-electron chi connectivity index (χ0n) is 17.0. The molecule has 2 fully saturated rings. The monoisotopic (exact) mass is 403 g/mol. The lowest BCUT2D eigenvalue weighted by atomic mass is 9.71. The van der Waals surface area contributed by atoms with Crippen LogP contribution in [0.1, 0.15) is 33.6 Å². The summed E-state index contributed by atoms with van der Waals surface area (Å²) >= 11 is 1.52. The van der Waals surface area contributed by atoms with Crippen LogP contribution in [0.15, 0.2) is 70.3 Å². The van der Waals surface area contributed by atoms with E-state index in [0.29, 0.717) is 11.0 Å². The highest BCUT2D eigenvalue weighted by Crippen LogP contribution is 2.67. The topological polar surface area (TPSA) is 43.1 Å². The van der Waals surface area contributed by atoms with Gasteiger partial charge in [0.2, 0.25) is 0 Å². The van der Waals surface area contributed by atoms with Crippen LogP contribution >= 0.6 is 11.8 Å². The van der Waals surface area contributed by atoms with Gasteiger partial charge in [0.1, 0.15) is 5.69 Å². The van der Waals surface area contributed by atoms with Gasteiger partial charge in [-0.2, -0.15) is 0 Å². The van der Waals surface area contributed by atoms with Crippen molar-refractivity contribution in [1.29, 1.82) is 0 Å². The summed E-state index contributed by atoms with van der Waals surface area (Å²) in [6, 6.07) is 20.2. The Morgan fingerprint density at radius 3 is 2.17 bits per heavy atom. The number of carbonyl (C=O) groups is 1. The van der Waals surface area contributed by atoms with E-state index >= 15 is 0 Å². The largest absolute Gasteiger partial charge is 0.431 e. The second-order valence-electron chi connectivity index (χ2n) is 9.02. The third-order valence-electron chi connectivity index (χ3n) is 7.39. The van der Waals surface area contributed by atoms with Crippen molar-refractivity contribution in [3.63, 3.8) is 0 Å². The van der Waals surface area contributed by atoms with Gasteiger partial charge in [0, 0.05) is 17.0 Å². The number of ketones is 1. The molecule has 2 aliphatic rings. The molecular weight excluding hydrogens is 378 g/mol. The van der Waals surface area contributed by atoms with Crippen molar-refractivity contribution < 1.29 is 9.21 Å². The summed E-state index contributed by atoms with van der Waals surface area (Å²) in [6.07, 6.45) is 2.10. The second kappa shape index (κ2) is 6.60. The van der Waals surface area contributed by atoms with Gasteiger partial charge in [-0.05, 0) is 23.7 Å². The van der Waals surface area contributed by atoms with Crippen molar-refractivity contribution in [3.05, 3.63) is 60.7 Å². The van der Waals surface area contributed by atoms with Crippen molar-refractivity contribution in [2.24, 2.45) is 16.7 Å². The third kappa shape index (κ3) is 2.72. The van der Waals surface area contributed by atoms with E-state index in [1.165, 1.54) is 11.8 Å². The number of aromatic nitrogens is 1. The Kier molecular flexibility index (Phi) is 4.25. The fraction of sp³-hybridized carbons (Fsp3) is 0.360. The van der Waals surface area contributed by atoms with E-state index in [0.717, 1.165) is 35.4 Å². The molecule has 5 rings (SSSR count). The first-order valence-electron chi connectivity index (χ1n) is 10.2. The Hall–Kier alpha value is -2.33. The van der Waals surface area contributed by atoms with Crippen LogP contribution in [-0.4, -0.2) is 16.0 Å². The predicted octanol–water partition coefficient (Wildman–Crippen LogP) is 6.49. The van der Waals surface area contributed by atoms with Crippen LogP contribution in [0.25, 0.3) is 22.6 Å². The molecule has 0 unspecified atom stereocenters. The molecule has 2 saturated carbocycles. The van der Waals surface area contributed by atoms with Crippen LogP contribution in [-0.2, 0) is 4.79 Å². The minimum absolute atomic E-state index is 0.0201. The molecule has 0 N–H and O–H groups in total. The maximum Gasteiger partial charge on any atom is 0.257 e. The average Bonchev–Trinajstić information content (AvgIpc) is 3.29. The number of Topliss-reactive ketones (excluding diaryl/α,β-unsaturated/α-hetero) is 1. The SMILES string of the molecule is CC1(C)[C@@H]2CC[C@]1(C)[C@H](Sc1nc(-c3ccccc3)c(-c3ccccc3)o1)C2=O. The Morgan fingerprint density at radius 2 is 1.59 bits per heavy atom. The van der Waals surface area contributed by atoms with Crippen molar-refractivity contribution in [2.75, 3.05) is 0 Å². The summed E-state index contributed by atoms with van der Waals surface area (Å²) in [4.78, 5) is 18.0. The summed E-state index contributed by atoms with van der Waals surface area (Å²) in [5.41, 5.74) is 2.86. The molecule has 2 aromatic carbocycles. The van der Waals surface area contributed by atoms with Crippen LogP contribution in [0, 0.1) is 16.7 Å². The molecule has 2 aliphatic carbocycles. The summed E-state index contributed by atoms with van der Waals surface area (Å²) in [5, 5.41) is 0.493. The van der Waals surface area contributed by atoms with Gasteiger partial charge in [-0.15, -0.1) is 0 Å². The highest BCUT2D eigenvalue weighted by Gasteiger charge is 2.66. The van der Waals surface area contributed by atoms with E-state index in [2.05, 4.69) is 20.8 Å². The van der Waals surface area contributed by atoms with Gasteiger partial charge in [-0.3, -0.25) is 4.79 Å². The highest BCUT2D eigenvalue weighted by atomic mass is 32.2. The van der Waals surface area contributed by atoms with E-state index in [1.807, 2.05) is 60.7 Å². The molecule has 3 aromatic rings. The van der Waals surface area contributed by atoms with E-state index in [9.17, 15) is 4.79 Å². The lowest BCUT2D eigenvalue weighted by Crippen LogP contribution is -2.35. The number of rotatable bonds is 4. The van der Waals surface area contributed by atoms with E-state index < -0.39 is 0 Å². The van der Waals surface area contributed by atoms with Crippen LogP contribution in [0.4, 0.5) is 0 Å². The predicted molar refractivity (Wildman–Crippen MR) is 117 cm³/mol. The Morgan fingerprint density at radius 1 is 0.966 bits per heavy atom. The quantitative estimate of drug-likeness (QED) is 0.499. The molecule has 0 radical (unpaired) electrons. The van der Waals surface area contributed by atoms with Crippen LogP contribution in [0.5, 0.6) is 0 Å². The molecule has 0 aliphatic heterocycles. The zero-order chi connectivity index (χ0) is 20.2. The number of nitrogens with zero attached hydrogens (tertiary/aromatic N) is 1. The van der Waals surface area contributed by atoms with E-state index in [4.69, 9.17) is 9.40 Å². The molecule has 3 nitrogen and oxygen atoms in total. The van der Waals surface area contributed by atoms with Crippen LogP contribution < -0.4 is 0 Å².